The summed E-state index contributed by atoms with van der Waals surface area (Å²) in [4.78, 5) is 0. The molecule has 0 aliphatic carbocycles. The summed E-state index contributed by atoms with van der Waals surface area (Å²) in [6, 6.07) is 55.0. The van der Waals surface area contributed by atoms with E-state index in [1.807, 2.05) is 152 Å². The molecule has 65 heavy (non-hydrogen) atoms. The molecule has 0 fully saturated rings. The molecule has 0 heterocycles. The highest BCUT2D eigenvalue weighted by molar-refractivity contribution is 7.93. The average molecular weight is 973 g/mol. The molecule has 0 saturated heterocycles. The monoisotopic (exact) mass is 972 g/mol. The zero-order valence-corrected chi connectivity index (χ0v) is 36.1. The number of hydrogen-bond donors (Lipinski definition) is 1. The van der Waals surface area contributed by atoms with E-state index in [0.29, 0.717) is 23.0 Å². The fourth-order valence-corrected chi connectivity index (χ4v) is 9.44. The van der Waals surface area contributed by atoms with Crippen molar-refractivity contribution in [1.29, 1.82) is 0 Å². The molecule has 358 valence electrons. The van der Waals surface area contributed by atoms with Crippen molar-refractivity contribution in [3.05, 3.63) is 170 Å². The normalized spacial score (nSPS) is 11.9. The fraction of sp³-hybridized carbons (Fsp3) is 0.234. The summed E-state index contributed by atoms with van der Waals surface area (Å²) in [6.45, 7) is 2.22. The molecule has 18 heteroatoms. The summed E-state index contributed by atoms with van der Waals surface area (Å²) in [5, 5.41) is 10.5. The molecule has 0 bridgehead atoms. The topological polar surface area (TPSA) is 100 Å². The second kappa shape index (κ2) is 30.8. The minimum absolute atomic E-state index is 0. The van der Waals surface area contributed by atoms with E-state index in [-0.39, 0.29) is 43.6 Å². The standard InChI is InChI=1S/C38H34N2O4P2.2C2H3F3.CH4O3S.4CH4/c1-39-46(43-36-21-13-6-14-22-36,44-38-29-25-34(26-30-38)32-17-9-4-10-18-32)40-45(2,41-35-19-11-5-12-20-35)42-37-27-23-33(24-28-37)31-15-7-3-8-16-31;2*1-2(3,4)5;1-5-4-3-2;;;;/h3-30H,1-2H3;2*1H3;2H,1H3;4*1H4. The van der Waals surface area contributed by atoms with Gasteiger partial charge in [0, 0.05) is 45.9 Å². The van der Waals surface area contributed by atoms with E-state index in [1.165, 1.54) is 0 Å². The van der Waals surface area contributed by atoms with Gasteiger partial charge in [-0.05, 0) is 70.8 Å². The highest BCUT2D eigenvalue weighted by atomic mass is 32.2. The van der Waals surface area contributed by atoms with E-state index in [2.05, 4.69) is 38.4 Å². The fourth-order valence-electron chi connectivity index (χ4n) is 4.77. The van der Waals surface area contributed by atoms with Gasteiger partial charge < -0.3 is 18.1 Å². The Morgan fingerprint density at radius 1 is 0.462 bits per heavy atom. The molecule has 2 atom stereocenters. The van der Waals surface area contributed by atoms with Crippen LogP contribution >= 0.6 is 27.2 Å². The lowest BCUT2D eigenvalue weighted by molar-refractivity contribution is -0.432. The van der Waals surface area contributed by atoms with Crippen molar-refractivity contribution in [1.82, 2.24) is 0 Å². The highest BCUT2D eigenvalue weighted by Crippen LogP contribution is 2.63. The Hall–Kier alpha value is -5.21. The van der Waals surface area contributed by atoms with Gasteiger partial charge in [0.1, 0.15) is 23.0 Å². The van der Waals surface area contributed by atoms with Crippen LogP contribution in [0.2, 0.25) is 0 Å². The van der Waals surface area contributed by atoms with E-state index < -0.39 is 27.5 Å². The molecular weight excluding hydrogens is 913 g/mol. The Kier molecular flexibility index (Phi) is 29.4. The molecule has 6 aromatic rings. The minimum atomic E-state index is -4.00. The van der Waals surface area contributed by atoms with Crippen LogP contribution in [0.4, 0.5) is 26.3 Å². The maximum absolute atomic E-state index is 10.4. The van der Waals surface area contributed by atoms with Crippen molar-refractivity contribution in [3.8, 4) is 45.3 Å². The van der Waals surface area contributed by atoms with Gasteiger partial charge in [0.15, 0.2) is 0 Å². The molecule has 0 aromatic heterocycles. The van der Waals surface area contributed by atoms with Crippen LogP contribution in [0.25, 0.3) is 22.3 Å². The molecule has 0 radical (unpaired) electrons. The number of hydrogen-bond acceptors (Lipinski definition) is 9. The average Bonchev–Trinajstić information content (AvgIpc) is 3.22. The summed E-state index contributed by atoms with van der Waals surface area (Å²) in [5.74, 6) is 2.36. The van der Waals surface area contributed by atoms with Crippen LogP contribution < -0.4 is 18.1 Å². The Balaban J connectivity index is 0. The molecule has 1 N–H and O–H groups in total. The lowest BCUT2D eigenvalue weighted by atomic mass is 10.1. The smallest absolute Gasteiger partial charge is 0.430 e. The summed E-state index contributed by atoms with van der Waals surface area (Å²) in [7, 11) is -4.90. The zero-order valence-electron chi connectivity index (χ0n) is 33.5. The maximum atomic E-state index is 10.4. The third-order valence-corrected chi connectivity index (χ3v) is 11.9. The van der Waals surface area contributed by atoms with E-state index in [1.54, 1.807) is 13.3 Å². The summed E-state index contributed by atoms with van der Waals surface area (Å²) in [6.07, 6.45) is -6.38. The summed E-state index contributed by atoms with van der Waals surface area (Å²) in [5.41, 5.74) is 4.38. The summed E-state index contributed by atoms with van der Waals surface area (Å²) >= 11 is 0.929. The lowest BCUT2D eigenvalue weighted by Crippen LogP contribution is -2.05. The maximum Gasteiger partial charge on any atom is 0.448 e. The van der Waals surface area contributed by atoms with Gasteiger partial charge in [-0.2, -0.15) is 26.3 Å². The second-order valence-corrected chi connectivity index (χ2v) is 17.1. The molecule has 0 spiro atoms. The molecule has 0 aliphatic rings. The number of alkyl halides is 6. The Labute approximate surface area is 385 Å². The molecule has 0 saturated carbocycles. The molecule has 0 amide bonds. The van der Waals surface area contributed by atoms with E-state index in [4.69, 9.17) is 27.9 Å². The molecule has 6 aromatic carbocycles. The quantitative estimate of drug-likeness (QED) is 0.0402. The van der Waals surface area contributed by atoms with Crippen LogP contribution in [-0.4, -0.2) is 37.6 Å². The lowest BCUT2D eigenvalue weighted by Gasteiger charge is -2.27. The van der Waals surface area contributed by atoms with Gasteiger partial charge in [-0.1, -0.05) is 156 Å². The van der Waals surface area contributed by atoms with Gasteiger partial charge in [0.25, 0.3) is 0 Å². The van der Waals surface area contributed by atoms with Crippen molar-refractivity contribution < 1.29 is 59.1 Å². The molecule has 2 unspecified atom stereocenters. The first kappa shape index (κ1) is 61.9. The number of halogens is 6. The number of nitrogens with zero attached hydrogens (tertiary/aromatic N) is 2. The Bertz CT molecular complexity index is 2220. The molecular formula is C47H60F6N2O7P2S. The third kappa shape index (κ3) is 25.8. The van der Waals surface area contributed by atoms with E-state index in [9.17, 15) is 26.3 Å². The van der Waals surface area contributed by atoms with Gasteiger partial charge in [0.2, 0.25) is 0 Å². The third-order valence-electron chi connectivity index (χ3n) is 7.03. The van der Waals surface area contributed by atoms with Gasteiger partial charge >= 0.3 is 27.5 Å². The summed E-state index contributed by atoms with van der Waals surface area (Å²) < 4.78 is 102. The van der Waals surface area contributed by atoms with Gasteiger partial charge in [-0.25, -0.2) is 10.0 Å². The van der Waals surface area contributed by atoms with Crippen LogP contribution in [0, 0.1) is 0 Å². The predicted octanol–water partition coefficient (Wildman–Crippen LogP) is 18.2. The Morgan fingerprint density at radius 3 is 1.00 bits per heavy atom. The van der Waals surface area contributed by atoms with Gasteiger partial charge in [0.05, 0.1) is 0 Å². The van der Waals surface area contributed by atoms with Crippen LogP contribution in [0.3, 0.4) is 0 Å². The van der Waals surface area contributed by atoms with Crippen molar-refractivity contribution in [3.63, 3.8) is 0 Å². The van der Waals surface area contributed by atoms with Crippen molar-refractivity contribution in [2.45, 2.75) is 55.9 Å². The zero-order chi connectivity index (χ0) is 44.8. The minimum Gasteiger partial charge on any atom is -0.430 e. The molecule has 9 nitrogen and oxygen atoms in total. The SMILES string of the molecule is C.C.C.C.CC(F)(F)F.CC(F)(F)F.CN=P(N=P(C)(Oc1ccccc1)Oc1ccc(-c2ccccc2)cc1)(Oc1ccccc1)Oc1ccc(-c2ccccc2)cc1.CSOOO. The van der Waals surface area contributed by atoms with E-state index >= 15 is 0 Å². The van der Waals surface area contributed by atoms with Crippen molar-refractivity contribution in [2.75, 3.05) is 20.0 Å². The van der Waals surface area contributed by atoms with Crippen molar-refractivity contribution in [2.24, 2.45) is 9.26 Å². The van der Waals surface area contributed by atoms with Crippen LogP contribution in [-0.2, 0) is 9.37 Å². The van der Waals surface area contributed by atoms with Crippen LogP contribution in [0.1, 0.15) is 43.6 Å². The first-order valence-corrected chi connectivity index (χ1v) is 22.6. The first-order valence-electron chi connectivity index (χ1n) is 17.9. The molecule has 0 aliphatic heterocycles. The number of para-hydroxylation sites is 2. The molecule has 6 rings (SSSR count). The van der Waals surface area contributed by atoms with Crippen LogP contribution in [0.5, 0.6) is 23.0 Å². The van der Waals surface area contributed by atoms with Crippen LogP contribution in [0.15, 0.2) is 179 Å². The highest BCUT2D eigenvalue weighted by Gasteiger charge is 2.32. The largest absolute Gasteiger partial charge is 0.448 e. The van der Waals surface area contributed by atoms with Gasteiger partial charge in [-0.3, -0.25) is 0 Å². The first-order chi connectivity index (χ1) is 28.9. The Morgan fingerprint density at radius 2 is 0.723 bits per heavy atom. The van der Waals surface area contributed by atoms with Gasteiger partial charge in [-0.15, -0.1) is 8.85 Å². The van der Waals surface area contributed by atoms with Crippen molar-refractivity contribution >= 4 is 27.2 Å². The van der Waals surface area contributed by atoms with E-state index in [0.717, 1.165) is 34.3 Å². The second-order valence-electron chi connectivity index (χ2n) is 12.2. The number of rotatable bonds is 13. The number of benzene rings is 6. The predicted molar refractivity (Wildman–Crippen MR) is 258 cm³/mol.